The Hall–Kier alpha value is -0.450. The zero-order chi connectivity index (χ0) is 10.6. The molecule has 1 aromatic heterocycles. The zero-order valence-electron chi connectivity index (χ0n) is 9.37. The Kier molecular flexibility index (Phi) is 4.51. The highest BCUT2D eigenvalue weighted by Gasteiger charge is 2.07. The van der Waals surface area contributed by atoms with Crippen molar-refractivity contribution >= 4 is 11.3 Å². The molecule has 80 valence electrons. The topological polar surface area (TPSA) is 28.2 Å². The van der Waals surface area contributed by atoms with E-state index in [1.54, 1.807) is 11.3 Å². The minimum Gasteiger partial charge on any atom is -0.308 e. The van der Waals surface area contributed by atoms with Crippen LogP contribution >= 0.6 is 11.3 Å². The molecule has 1 aromatic rings. The summed E-state index contributed by atoms with van der Waals surface area (Å²) in [5, 5.41) is 6.71. The molecule has 1 unspecified atom stereocenters. The molecule has 0 aliphatic carbocycles. The van der Waals surface area contributed by atoms with Gasteiger partial charge in [0.15, 0.2) is 0 Å². The third-order valence-corrected chi connectivity index (χ3v) is 2.88. The van der Waals surface area contributed by atoms with Crippen LogP contribution in [0.4, 0.5) is 0 Å². The molecule has 0 fully saturated rings. The first-order chi connectivity index (χ1) is 6.59. The molecule has 1 atom stereocenters. The van der Waals surface area contributed by atoms with Gasteiger partial charge in [-0.1, -0.05) is 0 Å². The Morgan fingerprint density at radius 2 is 2.29 bits per heavy atom. The first-order valence-electron chi connectivity index (χ1n) is 4.89. The van der Waals surface area contributed by atoms with E-state index in [4.69, 9.17) is 0 Å². The van der Waals surface area contributed by atoms with Crippen molar-refractivity contribution in [3.63, 3.8) is 0 Å². The Bertz CT molecular complexity index is 270. The molecule has 1 rings (SSSR count). The summed E-state index contributed by atoms with van der Waals surface area (Å²) in [6.07, 6.45) is 0. The van der Waals surface area contributed by atoms with Crippen molar-refractivity contribution < 1.29 is 0 Å². The lowest BCUT2D eigenvalue weighted by molar-refractivity contribution is 0.388. The lowest BCUT2D eigenvalue weighted by Crippen LogP contribution is -2.28. The summed E-state index contributed by atoms with van der Waals surface area (Å²) in [6.45, 7) is 6.27. The van der Waals surface area contributed by atoms with E-state index in [2.05, 4.69) is 41.6 Å². The maximum atomic E-state index is 4.45. The number of rotatable bonds is 5. The van der Waals surface area contributed by atoms with E-state index >= 15 is 0 Å². The minimum absolute atomic E-state index is 0.361. The molecule has 1 heterocycles. The molecule has 0 aliphatic rings. The summed E-state index contributed by atoms with van der Waals surface area (Å²) >= 11 is 1.71. The summed E-state index contributed by atoms with van der Waals surface area (Å²) in [7, 11) is 4.17. The Morgan fingerprint density at radius 1 is 1.57 bits per heavy atom. The van der Waals surface area contributed by atoms with Crippen molar-refractivity contribution in [1.29, 1.82) is 0 Å². The van der Waals surface area contributed by atoms with Crippen molar-refractivity contribution in [2.75, 3.05) is 27.2 Å². The second-order valence-corrected chi connectivity index (χ2v) is 4.83. The van der Waals surface area contributed by atoms with Gasteiger partial charge in [0.25, 0.3) is 0 Å². The van der Waals surface area contributed by atoms with Gasteiger partial charge in [0.2, 0.25) is 0 Å². The number of nitrogens with one attached hydrogen (secondary N) is 1. The Labute approximate surface area is 90.2 Å². The lowest BCUT2D eigenvalue weighted by Gasteiger charge is -2.14. The third-order valence-electron chi connectivity index (χ3n) is 2.09. The fraction of sp³-hybridized carbons (Fsp3) is 0.700. The third kappa shape index (κ3) is 3.74. The average Bonchev–Trinajstić information content (AvgIpc) is 2.51. The number of hydrogen-bond donors (Lipinski definition) is 1. The van der Waals surface area contributed by atoms with Gasteiger partial charge in [0.05, 0.1) is 10.7 Å². The first-order valence-corrected chi connectivity index (χ1v) is 5.77. The Balaban J connectivity index is 2.32. The van der Waals surface area contributed by atoms with E-state index in [-0.39, 0.29) is 0 Å². The van der Waals surface area contributed by atoms with Gasteiger partial charge in [-0.2, -0.15) is 0 Å². The van der Waals surface area contributed by atoms with Crippen LogP contribution < -0.4 is 5.32 Å². The quantitative estimate of drug-likeness (QED) is 0.806. The molecular weight excluding hydrogens is 194 g/mol. The van der Waals surface area contributed by atoms with Crippen LogP contribution in [-0.4, -0.2) is 37.1 Å². The molecule has 0 spiro atoms. The van der Waals surface area contributed by atoms with Gasteiger partial charge in [-0.25, -0.2) is 4.98 Å². The predicted molar refractivity (Wildman–Crippen MR) is 61.8 cm³/mol. The minimum atomic E-state index is 0.361. The number of thiazole rings is 1. The van der Waals surface area contributed by atoms with Crippen LogP contribution in [0.15, 0.2) is 5.38 Å². The normalized spacial score (nSPS) is 13.5. The summed E-state index contributed by atoms with van der Waals surface area (Å²) in [5.74, 6) is 0. The second-order valence-electron chi connectivity index (χ2n) is 3.77. The standard InChI is InChI=1S/C10H19N3S/c1-8(11-5-6-13(3)4)10-7-14-9(2)12-10/h7-8,11H,5-6H2,1-4H3. The molecule has 0 aliphatic heterocycles. The molecule has 3 nitrogen and oxygen atoms in total. The van der Waals surface area contributed by atoms with E-state index in [1.807, 2.05) is 6.92 Å². The van der Waals surface area contributed by atoms with Gasteiger partial charge in [-0.3, -0.25) is 0 Å². The summed E-state index contributed by atoms with van der Waals surface area (Å²) < 4.78 is 0. The van der Waals surface area contributed by atoms with Crippen LogP contribution in [0.5, 0.6) is 0 Å². The van der Waals surface area contributed by atoms with Crippen LogP contribution in [0.3, 0.4) is 0 Å². The van der Waals surface area contributed by atoms with E-state index in [9.17, 15) is 0 Å². The highest BCUT2D eigenvalue weighted by Crippen LogP contribution is 2.15. The van der Waals surface area contributed by atoms with Gasteiger partial charge in [0.1, 0.15) is 0 Å². The van der Waals surface area contributed by atoms with Crippen molar-refractivity contribution in [2.45, 2.75) is 19.9 Å². The summed E-state index contributed by atoms with van der Waals surface area (Å²) in [5.41, 5.74) is 1.16. The number of nitrogens with zero attached hydrogens (tertiary/aromatic N) is 2. The molecule has 0 saturated heterocycles. The lowest BCUT2D eigenvalue weighted by atomic mass is 10.2. The monoisotopic (exact) mass is 213 g/mol. The maximum Gasteiger partial charge on any atom is 0.0898 e. The average molecular weight is 213 g/mol. The molecule has 0 bridgehead atoms. The van der Waals surface area contributed by atoms with Gasteiger partial charge in [0, 0.05) is 24.5 Å². The highest BCUT2D eigenvalue weighted by molar-refractivity contribution is 7.09. The van der Waals surface area contributed by atoms with Gasteiger partial charge in [-0.15, -0.1) is 11.3 Å². The fourth-order valence-electron chi connectivity index (χ4n) is 1.19. The Morgan fingerprint density at radius 3 is 2.79 bits per heavy atom. The van der Waals surface area contributed by atoms with Crippen LogP contribution in [0, 0.1) is 6.92 Å². The van der Waals surface area contributed by atoms with Crippen LogP contribution in [0.25, 0.3) is 0 Å². The van der Waals surface area contributed by atoms with Gasteiger partial charge < -0.3 is 10.2 Å². The molecule has 0 radical (unpaired) electrons. The smallest absolute Gasteiger partial charge is 0.0898 e. The van der Waals surface area contributed by atoms with Gasteiger partial charge >= 0.3 is 0 Å². The SMILES string of the molecule is Cc1nc(C(C)NCCN(C)C)cs1. The molecule has 14 heavy (non-hydrogen) atoms. The largest absolute Gasteiger partial charge is 0.308 e. The molecule has 0 aromatic carbocycles. The summed E-state index contributed by atoms with van der Waals surface area (Å²) in [6, 6.07) is 0.361. The maximum absolute atomic E-state index is 4.45. The second kappa shape index (κ2) is 5.44. The molecular formula is C10H19N3S. The molecule has 4 heteroatoms. The van der Waals surface area contributed by atoms with Crippen LogP contribution in [0.1, 0.15) is 23.7 Å². The van der Waals surface area contributed by atoms with Crippen molar-refractivity contribution in [3.05, 3.63) is 16.1 Å². The molecule has 0 saturated carbocycles. The number of aryl methyl sites for hydroxylation is 1. The fourth-order valence-corrected chi connectivity index (χ4v) is 1.89. The van der Waals surface area contributed by atoms with E-state index in [0.29, 0.717) is 6.04 Å². The van der Waals surface area contributed by atoms with Crippen molar-refractivity contribution in [2.24, 2.45) is 0 Å². The summed E-state index contributed by atoms with van der Waals surface area (Å²) in [4.78, 5) is 6.62. The molecule has 0 amide bonds. The first kappa shape index (κ1) is 11.6. The van der Waals surface area contributed by atoms with Crippen molar-refractivity contribution in [3.8, 4) is 0 Å². The molecule has 1 N–H and O–H groups in total. The van der Waals surface area contributed by atoms with E-state index < -0.39 is 0 Å². The number of hydrogen-bond acceptors (Lipinski definition) is 4. The van der Waals surface area contributed by atoms with Crippen LogP contribution in [-0.2, 0) is 0 Å². The van der Waals surface area contributed by atoms with Gasteiger partial charge in [-0.05, 0) is 27.9 Å². The van der Waals surface area contributed by atoms with Crippen molar-refractivity contribution in [1.82, 2.24) is 15.2 Å². The zero-order valence-corrected chi connectivity index (χ0v) is 10.2. The number of aromatic nitrogens is 1. The van der Waals surface area contributed by atoms with E-state index in [0.717, 1.165) is 23.8 Å². The predicted octanol–water partition coefficient (Wildman–Crippen LogP) is 1.66. The highest BCUT2D eigenvalue weighted by atomic mass is 32.1. The van der Waals surface area contributed by atoms with E-state index in [1.165, 1.54) is 0 Å². The number of likely N-dealkylation sites (N-methyl/N-ethyl adjacent to an activating group) is 1. The van der Waals surface area contributed by atoms with Crippen LogP contribution in [0.2, 0.25) is 0 Å².